The molecule has 26 heavy (non-hydrogen) atoms. The highest BCUT2D eigenvalue weighted by Crippen LogP contribution is 2.36. The molecule has 2 N–H and O–H groups in total. The minimum absolute atomic E-state index is 0.0571. The predicted octanol–water partition coefficient (Wildman–Crippen LogP) is 2.79. The highest BCUT2D eigenvalue weighted by atomic mass is 32.1. The monoisotopic (exact) mass is 368 g/mol. The van der Waals surface area contributed by atoms with Crippen molar-refractivity contribution in [2.45, 2.75) is 31.7 Å². The van der Waals surface area contributed by atoms with Gasteiger partial charge in [-0.05, 0) is 43.5 Å². The van der Waals surface area contributed by atoms with Crippen molar-refractivity contribution in [3.8, 4) is 0 Å². The molecule has 0 aliphatic carbocycles. The van der Waals surface area contributed by atoms with Crippen molar-refractivity contribution in [3.05, 3.63) is 58.2 Å². The average molecular weight is 368 g/mol. The van der Waals surface area contributed by atoms with Crippen LogP contribution in [-0.2, 0) is 11.2 Å². The maximum Gasteiger partial charge on any atom is 0.258 e. The Morgan fingerprint density at radius 1 is 1.27 bits per heavy atom. The lowest BCUT2D eigenvalue weighted by molar-refractivity contribution is -0.132. The molecule has 3 aromatic rings. The molecule has 1 unspecified atom stereocenters. The first-order chi connectivity index (χ1) is 12.6. The maximum absolute atomic E-state index is 12.8. The number of nitrogens with zero attached hydrogens (tertiary/aromatic N) is 3. The predicted molar refractivity (Wildman–Crippen MR) is 100 cm³/mol. The summed E-state index contributed by atoms with van der Waals surface area (Å²) in [5, 5.41) is 0. The molecule has 0 aromatic carbocycles. The second-order valence-electron chi connectivity index (χ2n) is 6.51. The largest absolute Gasteiger partial charge is 0.365 e. The molecule has 3 aromatic heterocycles. The van der Waals surface area contributed by atoms with Gasteiger partial charge in [0.25, 0.3) is 5.91 Å². The van der Waals surface area contributed by atoms with Crippen LogP contribution in [0.4, 0.5) is 0 Å². The molecule has 1 atom stereocenters. The van der Waals surface area contributed by atoms with Crippen molar-refractivity contribution in [1.82, 2.24) is 14.3 Å². The van der Waals surface area contributed by atoms with Gasteiger partial charge in [0, 0.05) is 30.2 Å². The van der Waals surface area contributed by atoms with E-state index in [0.29, 0.717) is 17.7 Å². The fourth-order valence-electron chi connectivity index (χ4n) is 3.51. The van der Waals surface area contributed by atoms with Gasteiger partial charge in [0.2, 0.25) is 5.91 Å². The summed E-state index contributed by atoms with van der Waals surface area (Å²) in [5.74, 6) is -0.275. The van der Waals surface area contributed by atoms with Crippen LogP contribution >= 0.6 is 11.3 Å². The van der Waals surface area contributed by atoms with E-state index in [4.69, 9.17) is 5.73 Å². The summed E-state index contributed by atoms with van der Waals surface area (Å²) >= 11 is 1.39. The summed E-state index contributed by atoms with van der Waals surface area (Å²) in [7, 11) is 0. The Morgan fingerprint density at radius 2 is 2.15 bits per heavy atom. The molecular formula is C19H20N4O2S. The van der Waals surface area contributed by atoms with E-state index in [2.05, 4.69) is 4.98 Å². The molecule has 0 radical (unpaired) electrons. The maximum atomic E-state index is 12.8. The third-order valence-electron chi connectivity index (χ3n) is 4.78. The molecule has 0 spiro atoms. The Bertz CT molecular complexity index is 928. The smallest absolute Gasteiger partial charge is 0.258 e. The minimum atomic E-state index is -0.413. The van der Waals surface area contributed by atoms with Crippen molar-refractivity contribution >= 4 is 28.8 Å². The third-order valence-corrected chi connectivity index (χ3v) is 5.98. The highest BCUT2D eigenvalue weighted by molar-refractivity contribution is 7.14. The summed E-state index contributed by atoms with van der Waals surface area (Å²) in [5.41, 5.74) is 7.16. The number of nitrogens with two attached hydrogens (primary N) is 1. The summed E-state index contributed by atoms with van der Waals surface area (Å²) < 4.78 is 1.97. The van der Waals surface area contributed by atoms with Gasteiger partial charge in [-0.3, -0.25) is 9.59 Å². The zero-order valence-electron chi connectivity index (χ0n) is 14.3. The van der Waals surface area contributed by atoms with Gasteiger partial charge in [-0.25, -0.2) is 4.98 Å². The van der Waals surface area contributed by atoms with E-state index in [1.165, 1.54) is 11.3 Å². The van der Waals surface area contributed by atoms with Gasteiger partial charge in [0.05, 0.1) is 16.6 Å². The summed E-state index contributed by atoms with van der Waals surface area (Å²) in [6.45, 7) is 0.762. The van der Waals surface area contributed by atoms with E-state index in [1.807, 2.05) is 46.0 Å². The number of amides is 2. The molecule has 7 heteroatoms. The minimum Gasteiger partial charge on any atom is -0.365 e. The third kappa shape index (κ3) is 3.22. The van der Waals surface area contributed by atoms with Crippen molar-refractivity contribution in [3.63, 3.8) is 0 Å². The number of hydrogen-bond donors (Lipinski definition) is 1. The Balaban J connectivity index is 1.43. The van der Waals surface area contributed by atoms with Gasteiger partial charge < -0.3 is 15.0 Å². The van der Waals surface area contributed by atoms with Crippen LogP contribution in [0.15, 0.2) is 42.7 Å². The number of carbonyl (C=O) groups excluding carboxylic acids is 2. The van der Waals surface area contributed by atoms with Gasteiger partial charge in [0.15, 0.2) is 0 Å². The molecule has 1 fully saturated rings. The molecule has 4 heterocycles. The molecule has 6 nitrogen and oxygen atoms in total. The Morgan fingerprint density at radius 3 is 2.92 bits per heavy atom. The van der Waals surface area contributed by atoms with E-state index in [0.717, 1.165) is 35.6 Å². The number of likely N-dealkylation sites (tertiary alicyclic amines) is 1. The summed E-state index contributed by atoms with van der Waals surface area (Å²) in [6, 6.07) is 9.59. The van der Waals surface area contributed by atoms with Crippen molar-refractivity contribution in [2.24, 2.45) is 5.73 Å². The zero-order chi connectivity index (χ0) is 18.1. The normalized spacial score (nSPS) is 17.1. The number of aromatic nitrogens is 2. The lowest BCUT2D eigenvalue weighted by atomic mass is 10.1. The molecule has 2 amide bonds. The number of aryl methyl sites for hydroxylation is 1. The van der Waals surface area contributed by atoms with Gasteiger partial charge in [-0.2, -0.15) is 0 Å². The molecule has 1 saturated heterocycles. The van der Waals surface area contributed by atoms with Crippen LogP contribution in [0.1, 0.15) is 45.5 Å². The first-order valence-electron chi connectivity index (χ1n) is 8.73. The number of pyridine rings is 1. The molecule has 1 aliphatic rings. The molecular weight excluding hydrogens is 348 g/mol. The molecule has 0 bridgehead atoms. The van der Waals surface area contributed by atoms with Crippen molar-refractivity contribution in [2.75, 3.05) is 6.54 Å². The second-order valence-corrected chi connectivity index (χ2v) is 7.63. The number of primary amides is 1. The molecule has 1 aliphatic heterocycles. The Labute approximate surface area is 155 Å². The number of imidazole rings is 1. The van der Waals surface area contributed by atoms with Crippen LogP contribution in [-0.4, -0.2) is 32.6 Å². The van der Waals surface area contributed by atoms with Gasteiger partial charge >= 0.3 is 0 Å². The number of rotatable bonds is 5. The lowest BCUT2D eigenvalue weighted by Gasteiger charge is -2.23. The van der Waals surface area contributed by atoms with Gasteiger partial charge in [-0.1, -0.05) is 6.07 Å². The SMILES string of the molecule is NC(=O)c1ccc(C2CCCN2C(=O)CCc2cn3ccccc3n2)s1. The Hall–Kier alpha value is -2.67. The van der Waals surface area contributed by atoms with E-state index in [-0.39, 0.29) is 11.9 Å². The first kappa shape index (κ1) is 16.8. The van der Waals surface area contributed by atoms with Gasteiger partial charge in [-0.15, -0.1) is 11.3 Å². The lowest BCUT2D eigenvalue weighted by Crippen LogP contribution is -2.30. The summed E-state index contributed by atoms with van der Waals surface area (Å²) in [6.07, 6.45) is 6.91. The van der Waals surface area contributed by atoms with Crippen molar-refractivity contribution in [1.29, 1.82) is 0 Å². The zero-order valence-corrected chi connectivity index (χ0v) is 15.1. The highest BCUT2D eigenvalue weighted by Gasteiger charge is 2.31. The Kier molecular flexibility index (Phi) is 4.46. The van der Waals surface area contributed by atoms with Crippen LogP contribution in [0.2, 0.25) is 0 Å². The fourth-order valence-corrected chi connectivity index (χ4v) is 4.52. The first-order valence-corrected chi connectivity index (χ1v) is 9.55. The topological polar surface area (TPSA) is 80.7 Å². The number of thiophene rings is 1. The van der Waals surface area contributed by atoms with Crippen molar-refractivity contribution < 1.29 is 9.59 Å². The molecule has 0 saturated carbocycles. The van der Waals surface area contributed by atoms with Gasteiger partial charge in [0.1, 0.15) is 5.65 Å². The standard InChI is InChI=1S/C19H20N4O2S/c20-19(25)16-8-7-15(26-16)14-4-3-11-23(14)18(24)9-6-13-12-22-10-2-1-5-17(22)21-13/h1-2,5,7-8,10,12,14H,3-4,6,9,11H2,(H2,20,25). The van der Waals surface area contributed by atoms with Crippen LogP contribution in [0.5, 0.6) is 0 Å². The molecule has 134 valence electrons. The van der Waals surface area contributed by atoms with Crippen LogP contribution in [0.25, 0.3) is 5.65 Å². The average Bonchev–Trinajstić information content (AvgIpc) is 3.37. The summed E-state index contributed by atoms with van der Waals surface area (Å²) in [4.78, 5) is 32.2. The van der Waals surface area contributed by atoms with Crippen LogP contribution in [0, 0.1) is 0 Å². The number of fused-ring (bicyclic) bond motifs is 1. The van der Waals surface area contributed by atoms with Crippen LogP contribution in [0.3, 0.4) is 0 Å². The van der Waals surface area contributed by atoms with E-state index < -0.39 is 5.91 Å². The number of hydrogen-bond acceptors (Lipinski definition) is 4. The second kappa shape index (κ2) is 6.92. The van der Waals surface area contributed by atoms with E-state index in [9.17, 15) is 9.59 Å². The fraction of sp³-hybridized carbons (Fsp3) is 0.316. The van der Waals surface area contributed by atoms with E-state index >= 15 is 0 Å². The van der Waals surface area contributed by atoms with Crippen LogP contribution < -0.4 is 5.73 Å². The quantitative estimate of drug-likeness (QED) is 0.752. The molecule has 4 rings (SSSR count). The van der Waals surface area contributed by atoms with E-state index in [1.54, 1.807) is 6.07 Å². The number of carbonyl (C=O) groups is 2.